The third kappa shape index (κ3) is 12.3. The lowest BCUT2D eigenvalue weighted by atomic mass is 10.1. The van der Waals surface area contributed by atoms with Gasteiger partial charge in [-0.15, -0.1) is 11.8 Å². The minimum atomic E-state index is -0.188. The summed E-state index contributed by atoms with van der Waals surface area (Å²) in [5, 5.41) is -0.0245. The van der Waals surface area contributed by atoms with E-state index in [9.17, 15) is 4.79 Å². The van der Waals surface area contributed by atoms with Gasteiger partial charge >= 0.3 is 0 Å². The zero-order valence-corrected chi connectivity index (χ0v) is 13.1. The summed E-state index contributed by atoms with van der Waals surface area (Å²) >= 11 is 1.69. The highest BCUT2D eigenvalue weighted by Gasteiger charge is 2.07. The van der Waals surface area contributed by atoms with Gasteiger partial charge in [0.1, 0.15) is 0 Å². The molecular weight excluding hydrogens is 242 g/mol. The summed E-state index contributed by atoms with van der Waals surface area (Å²) in [6, 6.07) is 0. The topological polar surface area (TPSA) is 43.1 Å². The maximum atomic E-state index is 10.8. The van der Waals surface area contributed by atoms with Gasteiger partial charge in [-0.1, -0.05) is 64.7 Å². The minimum Gasteiger partial charge on any atom is -0.369 e. The molecule has 2 N–H and O–H groups in total. The number of primary amides is 1. The van der Waals surface area contributed by atoms with Crippen LogP contribution in [0.1, 0.15) is 78.1 Å². The first-order valence-corrected chi connectivity index (χ1v) is 8.64. The Morgan fingerprint density at radius 3 is 1.83 bits per heavy atom. The van der Waals surface area contributed by atoms with E-state index in [-0.39, 0.29) is 11.2 Å². The fourth-order valence-electron chi connectivity index (χ4n) is 1.93. The van der Waals surface area contributed by atoms with Crippen molar-refractivity contribution in [2.75, 3.05) is 5.75 Å². The number of carbonyl (C=O) groups is 1. The molecule has 108 valence electrons. The van der Waals surface area contributed by atoms with Crippen molar-refractivity contribution in [3.8, 4) is 0 Å². The number of rotatable bonds is 13. The molecule has 0 saturated carbocycles. The maximum absolute atomic E-state index is 10.8. The van der Waals surface area contributed by atoms with Crippen LogP contribution in [0.25, 0.3) is 0 Å². The molecule has 18 heavy (non-hydrogen) atoms. The minimum absolute atomic E-state index is 0.0245. The number of amides is 1. The van der Waals surface area contributed by atoms with Crippen LogP contribution < -0.4 is 5.73 Å². The largest absolute Gasteiger partial charge is 0.369 e. The van der Waals surface area contributed by atoms with Crippen LogP contribution in [0.3, 0.4) is 0 Å². The number of hydrogen-bond donors (Lipinski definition) is 1. The van der Waals surface area contributed by atoms with Crippen molar-refractivity contribution in [3.05, 3.63) is 0 Å². The van der Waals surface area contributed by atoms with Gasteiger partial charge in [0, 0.05) is 0 Å². The quantitative estimate of drug-likeness (QED) is 0.502. The van der Waals surface area contributed by atoms with E-state index in [4.69, 9.17) is 5.73 Å². The normalized spacial score (nSPS) is 12.6. The second kappa shape index (κ2) is 13.3. The third-order valence-corrected chi connectivity index (χ3v) is 4.52. The van der Waals surface area contributed by atoms with Crippen LogP contribution in [0.4, 0.5) is 0 Å². The zero-order valence-electron chi connectivity index (χ0n) is 12.2. The Bertz CT molecular complexity index is 197. The van der Waals surface area contributed by atoms with Crippen molar-refractivity contribution in [3.63, 3.8) is 0 Å². The van der Waals surface area contributed by atoms with Gasteiger partial charge in [0.25, 0.3) is 0 Å². The molecule has 0 aliphatic rings. The van der Waals surface area contributed by atoms with Crippen molar-refractivity contribution in [1.82, 2.24) is 0 Å². The number of unbranched alkanes of at least 4 members (excludes halogenated alkanes) is 9. The lowest BCUT2D eigenvalue weighted by Crippen LogP contribution is -2.22. The van der Waals surface area contributed by atoms with E-state index in [1.807, 2.05) is 6.92 Å². The van der Waals surface area contributed by atoms with Crippen LogP contribution in [0.5, 0.6) is 0 Å². The van der Waals surface area contributed by atoms with Crippen LogP contribution in [0, 0.1) is 0 Å². The molecule has 1 amide bonds. The molecule has 0 aromatic heterocycles. The fraction of sp³-hybridized carbons (Fsp3) is 0.933. The summed E-state index contributed by atoms with van der Waals surface area (Å²) in [6.07, 6.45) is 13.6. The molecule has 0 aliphatic heterocycles. The molecule has 0 fully saturated rings. The highest BCUT2D eigenvalue weighted by molar-refractivity contribution is 8.00. The summed E-state index contributed by atoms with van der Waals surface area (Å²) in [4.78, 5) is 10.8. The average Bonchev–Trinajstić information content (AvgIpc) is 2.35. The van der Waals surface area contributed by atoms with E-state index < -0.39 is 0 Å². The van der Waals surface area contributed by atoms with E-state index in [0.29, 0.717) is 0 Å². The van der Waals surface area contributed by atoms with Crippen LogP contribution in [0.2, 0.25) is 0 Å². The van der Waals surface area contributed by atoms with E-state index in [2.05, 4.69) is 6.92 Å². The van der Waals surface area contributed by atoms with E-state index >= 15 is 0 Å². The molecule has 0 bridgehead atoms. The van der Waals surface area contributed by atoms with Gasteiger partial charge in [-0.25, -0.2) is 0 Å². The van der Waals surface area contributed by atoms with Crippen molar-refractivity contribution in [1.29, 1.82) is 0 Å². The van der Waals surface area contributed by atoms with E-state index in [0.717, 1.165) is 5.75 Å². The number of carbonyl (C=O) groups excluding carboxylic acids is 1. The lowest BCUT2D eigenvalue weighted by molar-refractivity contribution is -0.117. The maximum Gasteiger partial charge on any atom is 0.230 e. The monoisotopic (exact) mass is 273 g/mol. The second-order valence-electron chi connectivity index (χ2n) is 5.10. The van der Waals surface area contributed by atoms with Gasteiger partial charge in [-0.3, -0.25) is 4.79 Å². The molecule has 0 radical (unpaired) electrons. The lowest BCUT2D eigenvalue weighted by Gasteiger charge is -2.06. The average molecular weight is 273 g/mol. The first-order valence-electron chi connectivity index (χ1n) is 7.59. The van der Waals surface area contributed by atoms with Gasteiger partial charge in [0.15, 0.2) is 0 Å². The van der Waals surface area contributed by atoms with Gasteiger partial charge in [0.05, 0.1) is 5.25 Å². The molecule has 0 aliphatic carbocycles. The van der Waals surface area contributed by atoms with Gasteiger partial charge < -0.3 is 5.73 Å². The number of nitrogens with two attached hydrogens (primary N) is 1. The van der Waals surface area contributed by atoms with Crippen LogP contribution in [-0.4, -0.2) is 16.9 Å². The SMILES string of the molecule is CCCCCCCCCCCCS[C@@H](C)C(N)=O. The Morgan fingerprint density at radius 2 is 1.39 bits per heavy atom. The summed E-state index contributed by atoms with van der Waals surface area (Å²) in [5.41, 5.74) is 5.21. The van der Waals surface area contributed by atoms with Crippen molar-refractivity contribution in [2.24, 2.45) is 5.73 Å². The van der Waals surface area contributed by atoms with Crippen molar-refractivity contribution in [2.45, 2.75) is 83.3 Å². The summed E-state index contributed by atoms with van der Waals surface area (Å²) < 4.78 is 0. The standard InChI is InChI=1S/C15H31NOS/c1-3-4-5-6-7-8-9-10-11-12-13-18-14(2)15(16)17/h14H,3-13H2,1-2H3,(H2,16,17)/t14-/m0/s1. The van der Waals surface area contributed by atoms with Gasteiger partial charge in [-0.2, -0.15) is 0 Å². The highest BCUT2D eigenvalue weighted by atomic mass is 32.2. The van der Waals surface area contributed by atoms with Crippen molar-refractivity contribution >= 4 is 17.7 Å². The van der Waals surface area contributed by atoms with Crippen LogP contribution in [-0.2, 0) is 4.79 Å². The Balaban J connectivity index is 3.05. The Kier molecular flexibility index (Phi) is 13.1. The first kappa shape index (κ1) is 17.8. The first-order chi connectivity index (χ1) is 8.68. The summed E-state index contributed by atoms with van der Waals surface area (Å²) in [6.45, 7) is 4.15. The molecule has 3 heteroatoms. The van der Waals surface area contributed by atoms with Crippen LogP contribution >= 0.6 is 11.8 Å². The molecule has 0 aromatic rings. The second-order valence-corrected chi connectivity index (χ2v) is 6.55. The Labute approximate surface area is 117 Å². The highest BCUT2D eigenvalue weighted by Crippen LogP contribution is 2.15. The Hall–Kier alpha value is -0.180. The Morgan fingerprint density at radius 1 is 0.944 bits per heavy atom. The predicted molar refractivity (Wildman–Crippen MR) is 83.0 cm³/mol. The molecule has 0 unspecified atom stereocenters. The van der Waals surface area contributed by atoms with Crippen LogP contribution in [0.15, 0.2) is 0 Å². The number of hydrogen-bond acceptors (Lipinski definition) is 2. The molecule has 0 spiro atoms. The molecule has 1 atom stereocenters. The van der Waals surface area contributed by atoms with Gasteiger partial charge in [0.2, 0.25) is 5.91 Å². The van der Waals surface area contributed by atoms with E-state index in [1.54, 1.807) is 11.8 Å². The fourth-order valence-corrected chi connectivity index (χ4v) is 2.82. The molecule has 0 heterocycles. The summed E-state index contributed by atoms with van der Waals surface area (Å²) in [7, 11) is 0. The smallest absolute Gasteiger partial charge is 0.230 e. The predicted octanol–water partition coefficient (Wildman–Crippen LogP) is 4.51. The summed E-state index contributed by atoms with van der Waals surface area (Å²) in [5.74, 6) is 0.882. The van der Waals surface area contributed by atoms with Crippen molar-refractivity contribution < 1.29 is 4.79 Å². The molecule has 2 nitrogen and oxygen atoms in total. The number of thioether (sulfide) groups is 1. The molecule has 0 aromatic carbocycles. The van der Waals surface area contributed by atoms with Gasteiger partial charge in [-0.05, 0) is 19.1 Å². The molecule has 0 rings (SSSR count). The third-order valence-electron chi connectivity index (χ3n) is 3.27. The molecular formula is C15H31NOS. The van der Waals surface area contributed by atoms with E-state index in [1.165, 1.54) is 64.2 Å². The molecule has 0 saturated heterocycles. The zero-order chi connectivity index (χ0) is 13.6.